The van der Waals surface area contributed by atoms with Crippen molar-refractivity contribution in [2.24, 2.45) is 11.7 Å². The highest BCUT2D eigenvalue weighted by atomic mass is 16.5. The predicted molar refractivity (Wildman–Crippen MR) is 196 cm³/mol. The zero-order valence-electron chi connectivity index (χ0n) is 29.6. The van der Waals surface area contributed by atoms with Crippen LogP contribution in [0.3, 0.4) is 0 Å². The fourth-order valence-electron chi connectivity index (χ4n) is 7.51. The number of nitrogens with one attached hydrogen (secondary N) is 2. The fourth-order valence-corrected chi connectivity index (χ4v) is 7.51. The Morgan fingerprint density at radius 3 is 2.24 bits per heavy atom. The maximum absolute atomic E-state index is 15.1. The van der Waals surface area contributed by atoms with E-state index in [0.29, 0.717) is 25.9 Å². The van der Waals surface area contributed by atoms with Gasteiger partial charge in [-0.3, -0.25) is 19.2 Å². The number of rotatable bonds is 13. The highest BCUT2D eigenvalue weighted by Crippen LogP contribution is 2.27. The van der Waals surface area contributed by atoms with Crippen LogP contribution in [0.4, 0.5) is 0 Å². The van der Waals surface area contributed by atoms with Gasteiger partial charge in [-0.05, 0) is 53.6 Å². The van der Waals surface area contributed by atoms with Gasteiger partial charge in [0.1, 0.15) is 23.9 Å². The van der Waals surface area contributed by atoms with Crippen molar-refractivity contribution in [2.45, 2.75) is 63.7 Å². The molecule has 2 aliphatic heterocycles. The van der Waals surface area contributed by atoms with E-state index in [1.165, 1.54) is 0 Å². The molecule has 6 rings (SSSR count). The van der Waals surface area contributed by atoms with Crippen molar-refractivity contribution in [3.63, 3.8) is 0 Å². The van der Waals surface area contributed by atoms with Gasteiger partial charge >= 0.3 is 0 Å². The molecule has 3 heterocycles. The summed E-state index contributed by atoms with van der Waals surface area (Å²) in [6.07, 6.45) is 3.32. The number of nitrogens with two attached hydrogens (primary N) is 1. The van der Waals surface area contributed by atoms with Crippen LogP contribution >= 0.6 is 0 Å². The summed E-state index contributed by atoms with van der Waals surface area (Å²) < 4.78 is 5.31. The largest absolute Gasteiger partial charge is 0.497 e. The first-order chi connectivity index (χ1) is 24.6. The van der Waals surface area contributed by atoms with Crippen LogP contribution in [0.2, 0.25) is 0 Å². The summed E-state index contributed by atoms with van der Waals surface area (Å²) in [4.78, 5) is 64.8. The van der Waals surface area contributed by atoms with Crippen molar-refractivity contribution in [1.82, 2.24) is 25.0 Å². The molecule has 51 heavy (non-hydrogen) atoms. The lowest BCUT2D eigenvalue weighted by Crippen LogP contribution is -2.67. The van der Waals surface area contributed by atoms with Gasteiger partial charge in [0.05, 0.1) is 13.2 Å². The molecular formula is C40H48N6O5. The van der Waals surface area contributed by atoms with E-state index in [2.05, 4.69) is 10.3 Å². The molecule has 0 radical (unpaired) electrons. The third-order valence-electron chi connectivity index (χ3n) is 10.2. The van der Waals surface area contributed by atoms with E-state index in [1.807, 2.05) is 98.9 Å². The smallest absolute Gasteiger partial charge is 0.246 e. The summed E-state index contributed by atoms with van der Waals surface area (Å²) >= 11 is 0. The number of piperazine rings is 2. The van der Waals surface area contributed by atoms with Gasteiger partial charge in [0.2, 0.25) is 23.6 Å². The molecule has 11 nitrogen and oxygen atoms in total. The van der Waals surface area contributed by atoms with Gasteiger partial charge in [-0.2, -0.15) is 0 Å². The zero-order chi connectivity index (χ0) is 36.1. The molecular weight excluding hydrogens is 644 g/mol. The average Bonchev–Trinajstić information content (AvgIpc) is 3.54. The van der Waals surface area contributed by atoms with Gasteiger partial charge in [0.15, 0.2) is 0 Å². The summed E-state index contributed by atoms with van der Waals surface area (Å²) in [5.41, 5.74) is 9.58. The standard InChI is InChI=1S/C40H48N6O5/c1-26(2)21-34(37(41)47)45-19-20-46(35(39(45)49)23-27-9-5-4-6-10-27)40(50)36(24-29-25-43-32-12-8-7-11-31(29)32)44-18-17-42-33(38(44)48)22-28-13-15-30(51-3)16-14-28/h4-16,25-26,33-36,42-43H,17-24H2,1-3H3,(H2,41,47). The summed E-state index contributed by atoms with van der Waals surface area (Å²) in [5, 5.41) is 4.35. The third-order valence-corrected chi connectivity index (χ3v) is 10.2. The van der Waals surface area contributed by atoms with Crippen LogP contribution in [-0.2, 0) is 38.4 Å². The van der Waals surface area contributed by atoms with E-state index < -0.39 is 30.1 Å². The molecule has 0 bridgehead atoms. The number of para-hydroxylation sites is 1. The van der Waals surface area contributed by atoms with Crippen LogP contribution in [0.5, 0.6) is 5.75 Å². The Kier molecular flexibility index (Phi) is 11.1. The second-order valence-corrected chi connectivity index (χ2v) is 14.0. The van der Waals surface area contributed by atoms with Gasteiger partial charge in [-0.1, -0.05) is 74.5 Å². The summed E-state index contributed by atoms with van der Waals surface area (Å²) in [7, 11) is 1.61. The van der Waals surface area contributed by atoms with Crippen molar-refractivity contribution >= 4 is 34.5 Å². The molecule has 4 aromatic rings. The van der Waals surface area contributed by atoms with Gasteiger partial charge in [0.25, 0.3) is 0 Å². The maximum atomic E-state index is 15.1. The highest BCUT2D eigenvalue weighted by Gasteiger charge is 2.46. The molecule has 4 atom stereocenters. The molecule has 4 N–H and O–H groups in total. The minimum atomic E-state index is -0.874. The SMILES string of the molecule is COc1ccc(CC2NCCN(C(Cc3c[nH]c4ccccc34)C(=O)N3CCN(C(CC(C)C)C(N)=O)C(=O)C3Cc3ccccc3)C2=O)cc1. The van der Waals surface area contributed by atoms with E-state index >= 15 is 4.79 Å². The van der Waals surface area contributed by atoms with Crippen molar-refractivity contribution in [3.8, 4) is 5.75 Å². The Morgan fingerprint density at radius 2 is 1.53 bits per heavy atom. The molecule has 268 valence electrons. The Bertz CT molecular complexity index is 1840. The lowest BCUT2D eigenvalue weighted by Gasteiger charge is -2.46. The molecule has 2 fully saturated rings. The van der Waals surface area contributed by atoms with E-state index in [0.717, 1.165) is 33.3 Å². The minimum Gasteiger partial charge on any atom is -0.497 e. The second kappa shape index (κ2) is 15.8. The number of aromatic amines is 1. The van der Waals surface area contributed by atoms with Crippen LogP contribution in [-0.4, -0.2) is 101 Å². The number of fused-ring (bicyclic) bond motifs is 1. The molecule has 3 aromatic carbocycles. The first-order valence-electron chi connectivity index (χ1n) is 17.8. The molecule has 0 aliphatic carbocycles. The number of methoxy groups -OCH3 is 1. The van der Waals surface area contributed by atoms with Crippen LogP contribution in [0, 0.1) is 5.92 Å². The number of hydrogen-bond acceptors (Lipinski definition) is 6. The Labute approximate surface area is 299 Å². The molecule has 0 saturated carbocycles. The number of amides is 4. The Morgan fingerprint density at radius 1 is 0.843 bits per heavy atom. The number of primary amides is 1. The first-order valence-corrected chi connectivity index (χ1v) is 17.8. The zero-order valence-corrected chi connectivity index (χ0v) is 29.6. The number of ether oxygens (including phenoxy) is 1. The van der Waals surface area contributed by atoms with Crippen LogP contribution in [0.15, 0.2) is 85.1 Å². The predicted octanol–water partition coefficient (Wildman–Crippen LogP) is 3.31. The number of hydrogen-bond donors (Lipinski definition) is 3. The summed E-state index contributed by atoms with van der Waals surface area (Å²) in [5.74, 6) is -0.441. The van der Waals surface area contributed by atoms with Crippen molar-refractivity contribution in [3.05, 3.63) is 102 Å². The van der Waals surface area contributed by atoms with Crippen LogP contribution in [0.1, 0.15) is 37.0 Å². The van der Waals surface area contributed by atoms with Gasteiger partial charge < -0.3 is 35.5 Å². The lowest BCUT2D eigenvalue weighted by molar-refractivity contribution is -0.160. The van der Waals surface area contributed by atoms with Crippen molar-refractivity contribution < 1.29 is 23.9 Å². The normalized spacial score (nSPS) is 19.4. The molecule has 2 aliphatic rings. The Hall–Kier alpha value is -5.16. The molecule has 11 heteroatoms. The number of H-pyrrole nitrogens is 1. The highest BCUT2D eigenvalue weighted by molar-refractivity contribution is 5.96. The van der Waals surface area contributed by atoms with E-state index in [1.54, 1.807) is 21.8 Å². The van der Waals surface area contributed by atoms with Gasteiger partial charge in [-0.25, -0.2) is 0 Å². The van der Waals surface area contributed by atoms with Crippen molar-refractivity contribution in [1.29, 1.82) is 0 Å². The van der Waals surface area contributed by atoms with E-state index in [9.17, 15) is 14.4 Å². The fraction of sp³-hybridized carbons (Fsp3) is 0.400. The molecule has 4 unspecified atom stereocenters. The van der Waals surface area contributed by atoms with E-state index in [4.69, 9.17) is 10.5 Å². The summed E-state index contributed by atoms with van der Waals surface area (Å²) in [6, 6.07) is 22.1. The Balaban J connectivity index is 1.35. The van der Waals surface area contributed by atoms with Crippen LogP contribution in [0.25, 0.3) is 10.9 Å². The van der Waals surface area contributed by atoms with Crippen LogP contribution < -0.4 is 15.8 Å². The third kappa shape index (κ3) is 7.93. The summed E-state index contributed by atoms with van der Waals surface area (Å²) in [6.45, 7) is 5.22. The number of nitrogens with zero attached hydrogens (tertiary/aromatic N) is 3. The second-order valence-electron chi connectivity index (χ2n) is 14.0. The monoisotopic (exact) mass is 692 g/mol. The maximum Gasteiger partial charge on any atom is 0.246 e. The lowest BCUT2D eigenvalue weighted by atomic mass is 9.94. The molecule has 0 spiro atoms. The average molecular weight is 693 g/mol. The number of carbonyl (C=O) groups excluding carboxylic acids is 4. The molecule has 1 aromatic heterocycles. The number of aromatic nitrogens is 1. The topological polar surface area (TPSA) is 141 Å². The van der Waals surface area contributed by atoms with Crippen molar-refractivity contribution in [2.75, 3.05) is 33.3 Å². The minimum absolute atomic E-state index is 0.132. The molecule has 2 saturated heterocycles. The number of benzene rings is 3. The first kappa shape index (κ1) is 35.7. The van der Waals surface area contributed by atoms with Gasteiger partial charge in [-0.15, -0.1) is 0 Å². The number of carbonyl (C=O) groups is 4. The molecule has 4 amide bonds. The van der Waals surface area contributed by atoms with Gasteiger partial charge in [0, 0.05) is 56.1 Å². The van der Waals surface area contributed by atoms with E-state index in [-0.39, 0.29) is 49.6 Å². The quantitative estimate of drug-likeness (QED) is 0.197.